The third-order valence-corrected chi connectivity index (χ3v) is 3.80. The SMILES string of the molecule is CCNC(c1ccn(CC(=O)NC(C)COC)c1)C1CC1. The Kier molecular flexibility index (Phi) is 5.82. The maximum atomic E-state index is 11.9. The summed E-state index contributed by atoms with van der Waals surface area (Å²) in [6.45, 7) is 5.94. The average molecular weight is 293 g/mol. The Balaban J connectivity index is 1.88. The molecule has 1 amide bonds. The van der Waals surface area contributed by atoms with Crippen LogP contribution >= 0.6 is 0 Å². The molecule has 1 fully saturated rings. The summed E-state index contributed by atoms with van der Waals surface area (Å²) >= 11 is 0. The number of amides is 1. The van der Waals surface area contributed by atoms with Crippen molar-refractivity contribution >= 4 is 5.91 Å². The molecule has 2 atom stereocenters. The van der Waals surface area contributed by atoms with Crippen molar-refractivity contribution in [1.82, 2.24) is 15.2 Å². The van der Waals surface area contributed by atoms with Gasteiger partial charge in [-0.25, -0.2) is 0 Å². The molecule has 5 heteroatoms. The van der Waals surface area contributed by atoms with Crippen LogP contribution in [0.2, 0.25) is 0 Å². The molecular formula is C16H27N3O2. The summed E-state index contributed by atoms with van der Waals surface area (Å²) in [5.74, 6) is 0.782. The standard InChI is InChI=1S/C16H27N3O2/c1-4-17-16(13-5-6-13)14-7-8-19(9-14)10-15(20)18-12(2)11-21-3/h7-9,12-13,16-17H,4-6,10-11H2,1-3H3,(H,18,20). The molecule has 5 nitrogen and oxygen atoms in total. The first-order valence-corrected chi connectivity index (χ1v) is 7.81. The van der Waals surface area contributed by atoms with Crippen LogP contribution in [0.3, 0.4) is 0 Å². The number of methoxy groups -OCH3 is 1. The van der Waals surface area contributed by atoms with E-state index in [2.05, 4.69) is 29.8 Å². The molecule has 0 aliphatic heterocycles. The Morgan fingerprint density at radius 1 is 1.52 bits per heavy atom. The van der Waals surface area contributed by atoms with Crippen LogP contribution in [-0.4, -0.2) is 36.8 Å². The lowest BCUT2D eigenvalue weighted by Gasteiger charge is -2.16. The van der Waals surface area contributed by atoms with E-state index in [1.807, 2.05) is 17.7 Å². The van der Waals surface area contributed by atoms with Gasteiger partial charge in [-0.1, -0.05) is 6.92 Å². The highest BCUT2D eigenvalue weighted by atomic mass is 16.5. The first-order valence-electron chi connectivity index (χ1n) is 7.81. The molecule has 0 saturated heterocycles. The number of hydrogen-bond acceptors (Lipinski definition) is 3. The lowest BCUT2D eigenvalue weighted by molar-refractivity contribution is -0.122. The van der Waals surface area contributed by atoms with Crippen molar-refractivity contribution in [3.05, 3.63) is 24.0 Å². The van der Waals surface area contributed by atoms with Crippen LogP contribution in [0.15, 0.2) is 18.5 Å². The van der Waals surface area contributed by atoms with E-state index in [-0.39, 0.29) is 11.9 Å². The van der Waals surface area contributed by atoms with Gasteiger partial charge in [0.1, 0.15) is 6.54 Å². The Hall–Kier alpha value is -1.33. The smallest absolute Gasteiger partial charge is 0.240 e. The number of carbonyl (C=O) groups excluding carboxylic acids is 1. The predicted octanol–water partition coefficient (Wildman–Crippen LogP) is 1.70. The summed E-state index contributed by atoms with van der Waals surface area (Å²) in [7, 11) is 1.64. The van der Waals surface area contributed by atoms with Crippen LogP contribution in [0.5, 0.6) is 0 Å². The van der Waals surface area contributed by atoms with E-state index < -0.39 is 0 Å². The normalized spacial score (nSPS) is 17.5. The summed E-state index contributed by atoms with van der Waals surface area (Å²) in [5.41, 5.74) is 1.29. The number of carbonyl (C=O) groups is 1. The highest BCUT2D eigenvalue weighted by Crippen LogP contribution is 2.40. The van der Waals surface area contributed by atoms with Gasteiger partial charge in [-0.3, -0.25) is 4.79 Å². The monoisotopic (exact) mass is 293 g/mol. The lowest BCUT2D eigenvalue weighted by atomic mass is 10.1. The molecule has 1 aromatic rings. The number of hydrogen-bond donors (Lipinski definition) is 2. The van der Waals surface area contributed by atoms with Gasteiger partial charge in [0.05, 0.1) is 6.61 Å². The molecular weight excluding hydrogens is 266 g/mol. The largest absolute Gasteiger partial charge is 0.383 e. The minimum atomic E-state index is 0.0214. The van der Waals surface area contributed by atoms with Gasteiger partial charge in [0.2, 0.25) is 5.91 Å². The van der Waals surface area contributed by atoms with Gasteiger partial charge >= 0.3 is 0 Å². The molecule has 1 heterocycles. The molecule has 0 spiro atoms. The topological polar surface area (TPSA) is 55.3 Å². The van der Waals surface area contributed by atoms with Gasteiger partial charge in [0.15, 0.2) is 0 Å². The minimum absolute atomic E-state index is 0.0214. The zero-order valence-corrected chi connectivity index (χ0v) is 13.3. The Morgan fingerprint density at radius 3 is 2.90 bits per heavy atom. The maximum Gasteiger partial charge on any atom is 0.240 e. The highest BCUT2D eigenvalue weighted by Gasteiger charge is 2.32. The van der Waals surface area contributed by atoms with Crippen molar-refractivity contribution in [3.63, 3.8) is 0 Å². The maximum absolute atomic E-state index is 11.9. The van der Waals surface area contributed by atoms with Gasteiger partial charge in [0, 0.05) is 31.6 Å². The van der Waals surface area contributed by atoms with E-state index >= 15 is 0 Å². The van der Waals surface area contributed by atoms with Crippen LogP contribution in [0, 0.1) is 5.92 Å². The zero-order valence-electron chi connectivity index (χ0n) is 13.3. The van der Waals surface area contributed by atoms with Gasteiger partial charge in [-0.05, 0) is 43.9 Å². The van der Waals surface area contributed by atoms with E-state index in [0.717, 1.165) is 12.5 Å². The summed E-state index contributed by atoms with van der Waals surface area (Å²) in [4.78, 5) is 11.9. The molecule has 118 valence electrons. The van der Waals surface area contributed by atoms with Crippen LogP contribution in [-0.2, 0) is 16.1 Å². The van der Waals surface area contributed by atoms with Gasteiger partial charge < -0.3 is 19.9 Å². The van der Waals surface area contributed by atoms with Crippen LogP contribution in [0.25, 0.3) is 0 Å². The molecule has 21 heavy (non-hydrogen) atoms. The fourth-order valence-corrected chi connectivity index (χ4v) is 2.73. The summed E-state index contributed by atoms with van der Waals surface area (Å²) < 4.78 is 6.98. The van der Waals surface area contributed by atoms with Crippen LogP contribution in [0.1, 0.15) is 38.3 Å². The number of aromatic nitrogens is 1. The molecule has 1 aliphatic rings. The number of nitrogens with one attached hydrogen (secondary N) is 2. The average Bonchev–Trinajstić information content (AvgIpc) is 3.16. The first kappa shape index (κ1) is 16.0. The molecule has 1 aromatic heterocycles. The summed E-state index contributed by atoms with van der Waals surface area (Å²) in [5, 5.41) is 6.47. The number of ether oxygens (including phenoxy) is 1. The third-order valence-electron chi connectivity index (χ3n) is 3.80. The fraction of sp³-hybridized carbons (Fsp3) is 0.688. The molecule has 2 N–H and O–H groups in total. The van der Waals surface area contributed by atoms with Crippen molar-refractivity contribution in [1.29, 1.82) is 0 Å². The second-order valence-electron chi connectivity index (χ2n) is 5.91. The molecule has 2 unspecified atom stereocenters. The molecule has 0 aromatic carbocycles. The van der Waals surface area contributed by atoms with Crippen molar-refractivity contribution < 1.29 is 9.53 Å². The second kappa shape index (κ2) is 7.61. The van der Waals surface area contributed by atoms with Crippen molar-refractivity contribution in [2.45, 2.75) is 45.3 Å². The summed E-state index contributed by atoms with van der Waals surface area (Å²) in [6.07, 6.45) is 6.69. The van der Waals surface area contributed by atoms with E-state index in [1.54, 1.807) is 7.11 Å². The zero-order chi connectivity index (χ0) is 15.2. The van der Waals surface area contributed by atoms with Crippen molar-refractivity contribution in [3.8, 4) is 0 Å². The molecule has 0 radical (unpaired) electrons. The second-order valence-corrected chi connectivity index (χ2v) is 5.91. The Morgan fingerprint density at radius 2 is 2.29 bits per heavy atom. The van der Waals surface area contributed by atoms with E-state index in [9.17, 15) is 4.79 Å². The number of rotatable bonds is 9. The Bertz CT molecular complexity index is 454. The van der Waals surface area contributed by atoms with Crippen LogP contribution in [0.4, 0.5) is 0 Å². The van der Waals surface area contributed by atoms with Crippen molar-refractivity contribution in [2.24, 2.45) is 5.92 Å². The first-order chi connectivity index (χ1) is 10.1. The van der Waals surface area contributed by atoms with Gasteiger partial charge in [-0.2, -0.15) is 0 Å². The summed E-state index contributed by atoms with van der Waals surface area (Å²) in [6, 6.07) is 2.60. The van der Waals surface area contributed by atoms with Gasteiger partial charge in [0.25, 0.3) is 0 Å². The van der Waals surface area contributed by atoms with Crippen molar-refractivity contribution in [2.75, 3.05) is 20.3 Å². The molecule has 1 aliphatic carbocycles. The van der Waals surface area contributed by atoms with E-state index in [4.69, 9.17) is 4.74 Å². The van der Waals surface area contributed by atoms with E-state index in [1.165, 1.54) is 18.4 Å². The predicted molar refractivity (Wildman–Crippen MR) is 83.1 cm³/mol. The Labute approximate surface area is 127 Å². The number of nitrogens with zero attached hydrogens (tertiary/aromatic N) is 1. The molecule has 2 rings (SSSR count). The van der Waals surface area contributed by atoms with E-state index in [0.29, 0.717) is 19.2 Å². The van der Waals surface area contributed by atoms with Crippen LogP contribution < -0.4 is 10.6 Å². The van der Waals surface area contributed by atoms with Gasteiger partial charge in [-0.15, -0.1) is 0 Å². The quantitative estimate of drug-likeness (QED) is 0.728. The third kappa shape index (κ3) is 4.86. The molecule has 0 bridgehead atoms. The molecule has 1 saturated carbocycles. The highest BCUT2D eigenvalue weighted by molar-refractivity contribution is 5.76. The minimum Gasteiger partial charge on any atom is -0.383 e. The lowest BCUT2D eigenvalue weighted by Crippen LogP contribution is -2.37. The fourth-order valence-electron chi connectivity index (χ4n) is 2.73.